The van der Waals surface area contributed by atoms with Gasteiger partial charge in [-0.2, -0.15) is 0 Å². The third-order valence-corrected chi connectivity index (χ3v) is 3.33. The first kappa shape index (κ1) is 13.4. The highest BCUT2D eigenvalue weighted by Gasteiger charge is 2.06. The summed E-state index contributed by atoms with van der Waals surface area (Å²) in [6.45, 7) is 1.90. The van der Waals surface area contributed by atoms with Gasteiger partial charge in [-0.15, -0.1) is 0 Å². The third kappa shape index (κ3) is 3.96. The number of aromatic nitrogens is 2. The Labute approximate surface area is 115 Å². The van der Waals surface area contributed by atoms with Crippen LogP contribution in [0.4, 0.5) is 11.4 Å². The maximum absolute atomic E-state index is 11.8. The van der Waals surface area contributed by atoms with Crippen molar-refractivity contribution in [2.24, 2.45) is 0 Å². The van der Waals surface area contributed by atoms with Crippen molar-refractivity contribution in [3.63, 3.8) is 0 Å². The molecule has 3 N–H and O–H groups in total. The molecule has 0 saturated heterocycles. The molecule has 5 nitrogen and oxygen atoms in total. The fraction of sp³-hybridized carbons (Fsp3) is 0.154. The Hall–Kier alpha value is -2.08. The average Bonchev–Trinajstić information content (AvgIpc) is 2.41. The number of nitrogens with one attached hydrogen (secondary N) is 1. The molecule has 19 heavy (non-hydrogen) atoms. The predicted molar refractivity (Wildman–Crippen MR) is 77.0 cm³/mol. The van der Waals surface area contributed by atoms with Crippen LogP contribution < -0.4 is 11.1 Å². The number of rotatable bonds is 4. The fourth-order valence-corrected chi connectivity index (χ4v) is 2.13. The van der Waals surface area contributed by atoms with Gasteiger partial charge in [-0.25, -0.2) is 4.98 Å². The summed E-state index contributed by atoms with van der Waals surface area (Å²) in [5, 5.41) is 3.57. The van der Waals surface area contributed by atoms with Gasteiger partial charge in [0.15, 0.2) is 0 Å². The van der Waals surface area contributed by atoms with E-state index in [1.807, 2.05) is 13.0 Å². The molecule has 98 valence electrons. The summed E-state index contributed by atoms with van der Waals surface area (Å²) in [6, 6.07) is 5.39. The summed E-state index contributed by atoms with van der Waals surface area (Å²) in [4.78, 5) is 19.8. The van der Waals surface area contributed by atoms with Crippen LogP contribution in [0.2, 0.25) is 0 Å². The normalized spacial score (nSPS) is 10.2. The molecule has 0 atom stereocenters. The predicted octanol–water partition coefficient (Wildman–Crippen LogP) is 2.10. The standard InChI is InChI=1S/C13H14N4OS/c1-9-6-10(14)2-3-11(9)17-12(18)8-19-13-7-15-4-5-16-13/h2-7H,8,14H2,1H3,(H,17,18). The average molecular weight is 274 g/mol. The van der Waals surface area contributed by atoms with Gasteiger partial charge >= 0.3 is 0 Å². The number of nitrogens with two attached hydrogens (primary N) is 1. The molecule has 2 aromatic rings. The second-order valence-electron chi connectivity index (χ2n) is 3.95. The molecule has 6 heteroatoms. The molecular formula is C13H14N4OS. The van der Waals surface area contributed by atoms with Gasteiger partial charge < -0.3 is 11.1 Å². The maximum atomic E-state index is 11.8. The molecule has 0 unspecified atom stereocenters. The second kappa shape index (κ2) is 6.19. The zero-order valence-corrected chi connectivity index (χ0v) is 11.3. The van der Waals surface area contributed by atoms with Gasteiger partial charge in [-0.05, 0) is 30.7 Å². The van der Waals surface area contributed by atoms with Crippen LogP contribution in [-0.4, -0.2) is 21.6 Å². The van der Waals surface area contributed by atoms with Crippen molar-refractivity contribution in [1.29, 1.82) is 0 Å². The summed E-state index contributed by atoms with van der Waals surface area (Å²) >= 11 is 1.35. The molecule has 0 aliphatic rings. The van der Waals surface area contributed by atoms with Crippen LogP contribution in [0.1, 0.15) is 5.56 Å². The molecule has 1 aromatic carbocycles. The van der Waals surface area contributed by atoms with E-state index in [1.165, 1.54) is 11.8 Å². The number of hydrogen-bond donors (Lipinski definition) is 2. The van der Waals surface area contributed by atoms with E-state index < -0.39 is 0 Å². The molecule has 0 saturated carbocycles. The molecule has 1 amide bonds. The first-order valence-corrected chi connectivity index (χ1v) is 6.68. The Kier molecular flexibility index (Phi) is 4.35. The Bertz CT molecular complexity index is 574. The highest BCUT2D eigenvalue weighted by Crippen LogP contribution is 2.19. The molecule has 0 bridgehead atoms. The zero-order valence-electron chi connectivity index (χ0n) is 10.5. The van der Waals surface area contributed by atoms with Crippen molar-refractivity contribution >= 4 is 29.0 Å². The monoisotopic (exact) mass is 274 g/mol. The van der Waals surface area contributed by atoms with E-state index in [2.05, 4.69) is 15.3 Å². The minimum Gasteiger partial charge on any atom is -0.399 e. The lowest BCUT2D eigenvalue weighted by Gasteiger charge is -2.08. The number of nitrogens with zero attached hydrogens (tertiary/aromatic N) is 2. The highest BCUT2D eigenvalue weighted by molar-refractivity contribution is 7.99. The number of aryl methyl sites for hydroxylation is 1. The largest absolute Gasteiger partial charge is 0.399 e. The number of hydrogen-bond acceptors (Lipinski definition) is 5. The zero-order chi connectivity index (χ0) is 13.7. The molecule has 0 aliphatic carbocycles. The number of thioether (sulfide) groups is 1. The van der Waals surface area contributed by atoms with Crippen LogP contribution >= 0.6 is 11.8 Å². The molecule has 0 aliphatic heterocycles. The second-order valence-corrected chi connectivity index (χ2v) is 4.95. The summed E-state index contributed by atoms with van der Waals surface area (Å²) in [5.41, 5.74) is 8.06. The molecular weight excluding hydrogens is 260 g/mol. The molecule has 1 heterocycles. The van der Waals surface area contributed by atoms with Gasteiger partial charge in [0.25, 0.3) is 0 Å². The van der Waals surface area contributed by atoms with Crippen LogP contribution in [0.3, 0.4) is 0 Å². The lowest BCUT2D eigenvalue weighted by atomic mass is 10.2. The topological polar surface area (TPSA) is 80.9 Å². The number of anilines is 2. The Morgan fingerprint density at radius 3 is 2.95 bits per heavy atom. The summed E-state index contributed by atoms with van der Waals surface area (Å²) in [5.74, 6) is 0.214. The van der Waals surface area contributed by atoms with Gasteiger partial charge in [0.1, 0.15) is 5.03 Å². The summed E-state index contributed by atoms with van der Waals surface area (Å²) in [7, 11) is 0. The highest BCUT2D eigenvalue weighted by atomic mass is 32.2. The minimum atomic E-state index is -0.0801. The molecule has 0 fully saturated rings. The molecule has 0 spiro atoms. The number of benzene rings is 1. The van der Waals surface area contributed by atoms with Crippen molar-refractivity contribution in [3.8, 4) is 0 Å². The van der Waals surface area contributed by atoms with E-state index in [9.17, 15) is 4.79 Å². The number of carbonyl (C=O) groups is 1. The summed E-state index contributed by atoms with van der Waals surface area (Å²) in [6.07, 6.45) is 4.83. The SMILES string of the molecule is Cc1cc(N)ccc1NC(=O)CSc1cnccn1. The van der Waals surface area contributed by atoms with Crippen LogP contribution in [-0.2, 0) is 4.79 Å². The number of nitrogen functional groups attached to an aromatic ring is 1. The van der Waals surface area contributed by atoms with E-state index in [4.69, 9.17) is 5.73 Å². The van der Waals surface area contributed by atoms with Crippen molar-refractivity contribution < 1.29 is 4.79 Å². The van der Waals surface area contributed by atoms with Crippen molar-refractivity contribution in [3.05, 3.63) is 42.4 Å². The Balaban J connectivity index is 1.91. The summed E-state index contributed by atoms with van der Waals surface area (Å²) < 4.78 is 0. The first-order valence-electron chi connectivity index (χ1n) is 5.70. The van der Waals surface area contributed by atoms with Gasteiger partial charge in [0.2, 0.25) is 5.91 Å². The first-order chi connectivity index (χ1) is 9.15. The molecule has 2 rings (SSSR count). The van der Waals surface area contributed by atoms with Crippen LogP contribution in [0, 0.1) is 6.92 Å². The maximum Gasteiger partial charge on any atom is 0.234 e. The van der Waals surface area contributed by atoms with E-state index in [1.54, 1.807) is 30.7 Å². The minimum absolute atomic E-state index is 0.0801. The van der Waals surface area contributed by atoms with Gasteiger partial charge in [-0.3, -0.25) is 9.78 Å². The number of carbonyl (C=O) groups excluding carboxylic acids is 1. The van der Waals surface area contributed by atoms with Crippen molar-refractivity contribution in [2.75, 3.05) is 16.8 Å². The lowest BCUT2D eigenvalue weighted by molar-refractivity contribution is -0.113. The molecule has 1 aromatic heterocycles. The van der Waals surface area contributed by atoms with E-state index >= 15 is 0 Å². The van der Waals surface area contributed by atoms with E-state index in [-0.39, 0.29) is 5.91 Å². The van der Waals surface area contributed by atoms with Crippen LogP contribution in [0.15, 0.2) is 41.8 Å². The van der Waals surface area contributed by atoms with Gasteiger partial charge in [-0.1, -0.05) is 11.8 Å². The fourth-order valence-electron chi connectivity index (χ4n) is 1.51. The quantitative estimate of drug-likeness (QED) is 0.659. The Morgan fingerprint density at radius 2 is 2.26 bits per heavy atom. The van der Waals surface area contributed by atoms with Gasteiger partial charge in [0.05, 0.1) is 11.9 Å². The van der Waals surface area contributed by atoms with Crippen LogP contribution in [0.5, 0.6) is 0 Å². The van der Waals surface area contributed by atoms with Crippen molar-refractivity contribution in [1.82, 2.24) is 9.97 Å². The third-order valence-electron chi connectivity index (χ3n) is 2.42. The number of amides is 1. The Morgan fingerprint density at radius 1 is 1.42 bits per heavy atom. The molecule has 0 radical (unpaired) electrons. The van der Waals surface area contributed by atoms with Crippen molar-refractivity contribution in [2.45, 2.75) is 11.9 Å². The van der Waals surface area contributed by atoms with Gasteiger partial charge in [0, 0.05) is 23.8 Å². The van der Waals surface area contributed by atoms with E-state index in [0.29, 0.717) is 11.4 Å². The smallest absolute Gasteiger partial charge is 0.234 e. The van der Waals surface area contributed by atoms with Crippen LogP contribution in [0.25, 0.3) is 0 Å². The van der Waals surface area contributed by atoms with E-state index in [0.717, 1.165) is 16.3 Å². The lowest BCUT2D eigenvalue weighted by Crippen LogP contribution is -2.15.